The lowest BCUT2D eigenvalue weighted by Gasteiger charge is -2.12. The molecule has 0 bridgehead atoms. The van der Waals surface area contributed by atoms with E-state index >= 15 is 0 Å². The minimum Gasteiger partial charge on any atom is -0.309 e. The van der Waals surface area contributed by atoms with Gasteiger partial charge in [-0.15, -0.1) is 0 Å². The van der Waals surface area contributed by atoms with Gasteiger partial charge in [-0.1, -0.05) is 249 Å². The lowest BCUT2D eigenvalue weighted by molar-refractivity contribution is 1.17. The number of hydrogen-bond donors (Lipinski definition) is 0. The van der Waals surface area contributed by atoms with Crippen LogP contribution in [-0.4, -0.2) is 27.4 Å². The first-order valence-electron chi connectivity index (χ1n) is 41.0. The molecule has 24 rings (SSSR count). The van der Waals surface area contributed by atoms with Crippen molar-refractivity contribution >= 4 is 148 Å². The van der Waals surface area contributed by atoms with Gasteiger partial charge in [0.05, 0.1) is 126 Å². The zero-order chi connectivity index (χ0) is 83.0. The van der Waals surface area contributed by atoms with Crippen molar-refractivity contribution in [3.8, 4) is 79.6 Å². The normalized spacial score (nSPS) is 11.3. The SMILES string of the molecule is [C-]#[N+]c1ccc(-c2cccc(-n3c4ccccc4c4c(-n5c6ccccc6c6ccccc65)cccc43)c2)cc1.[C-]#[N+]c1ccc2c(c1)c1ccccc1n2-c1cccc2c1c1ccccc1n2-c1cccc(-c2cccc(C#N)c2)c1.[C-]#[N+]c1ccc2c(c1)c1ccccc1n2-c1cccc2c1c1ccccc1n2-c1cccc(-c2ccccc2C#N)c1. The van der Waals surface area contributed by atoms with Crippen molar-refractivity contribution in [2.24, 2.45) is 0 Å². The first-order valence-corrected chi connectivity index (χ1v) is 41.0. The van der Waals surface area contributed by atoms with Gasteiger partial charge in [0.25, 0.3) is 0 Å². The maximum Gasteiger partial charge on any atom is 0.188 e. The van der Waals surface area contributed by atoms with Crippen LogP contribution in [0.5, 0.6) is 0 Å². The first-order chi connectivity index (χ1) is 61.3. The Morgan fingerprint density at radius 2 is 0.500 bits per heavy atom. The fourth-order valence-electron chi connectivity index (χ4n) is 18.9. The third kappa shape index (κ3) is 11.8. The quantitative estimate of drug-likeness (QED) is 0.135. The number of nitrogens with zero attached hydrogens (tertiary/aromatic N) is 11. The second kappa shape index (κ2) is 30.0. The van der Waals surface area contributed by atoms with Crippen LogP contribution < -0.4 is 0 Å². The molecule has 6 heterocycles. The molecule has 0 aliphatic heterocycles. The number of nitriles is 2. The van der Waals surface area contributed by atoms with Crippen molar-refractivity contribution in [3.05, 3.63) is 452 Å². The summed E-state index contributed by atoms with van der Waals surface area (Å²) in [7, 11) is 0. The average Bonchev–Trinajstić information content (AvgIpc) is 1.57. The minimum atomic E-state index is 0.637. The summed E-state index contributed by atoms with van der Waals surface area (Å²) >= 11 is 0. The Hall–Kier alpha value is -17.8. The van der Waals surface area contributed by atoms with Crippen LogP contribution in [0, 0.1) is 42.4 Å². The molecular weight excluding hydrogens is 1510 g/mol. The fraction of sp³-hybridized carbons (Fsp3) is 0. The molecule has 0 unspecified atom stereocenters. The summed E-state index contributed by atoms with van der Waals surface area (Å²) in [6, 6.07) is 145. The number of rotatable bonds is 9. The van der Waals surface area contributed by atoms with Gasteiger partial charge >= 0.3 is 0 Å². The molecule has 0 fully saturated rings. The van der Waals surface area contributed by atoms with Crippen molar-refractivity contribution in [2.45, 2.75) is 0 Å². The van der Waals surface area contributed by atoms with Crippen LogP contribution in [0.4, 0.5) is 17.1 Å². The van der Waals surface area contributed by atoms with Crippen LogP contribution >= 0.6 is 0 Å². The maximum absolute atomic E-state index is 9.74. The van der Waals surface area contributed by atoms with Gasteiger partial charge in [0.1, 0.15) is 0 Å². The molecule has 574 valence electrons. The molecule has 0 N–H and O–H groups in total. The molecule has 18 aromatic carbocycles. The van der Waals surface area contributed by atoms with Crippen LogP contribution in [0.15, 0.2) is 406 Å². The van der Waals surface area contributed by atoms with Gasteiger partial charge in [0, 0.05) is 70.9 Å². The lowest BCUT2D eigenvalue weighted by atomic mass is 10.00. The van der Waals surface area contributed by atoms with Crippen molar-refractivity contribution in [1.29, 1.82) is 10.5 Å². The molecule has 0 saturated heterocycles. The Morgan fingerprint density at radius 1 is 0.202 bits per heavy atom. The standard InChI is InChI=1S/2C38H22N4.C37H23N3/c1-40-28-19-20-35-32(23-28)30-13-2-4-15-33(30)42(35)37-18-8-17-36-38(37)31-14-3-5-16-34(31)41(36)29-12-7-11-27(22-29)26-10-6-9-25(21-26)24-39;1-40-27-20-21-35-32(23-27)30-14-4-6-16-33(30)42(35)37-19-9-18-36-38(37)31-15-5-7-17-34(31)41(36)28-12-8-11-25(22-28)29-13-3-2-10-26(29)24-39;1-38-27-22-20-25(21-23-27)26-10-8-11-28(24-26)39-34-17-7-4-14-31(34)37-35(39)18-9-19-36(37)40-32-15-5-2-12-29(32)30-13-3-6-16-33(30)40/h2*2-23H;2-24H. The van der Waals surface area contributed by atoms with Crippen molar-refractivity contribution in [1.82, 2.24) is 27.4 Å². The molecule has 0 aliphatic carbocycles. The third-order valence-corrected chi connectivity index (χ3v) is 24.2. The van der Waals surface area contributed by atoms with Gasteiger partial charge in [-0.05, 0) is 202 Å². The third-order valence-electron chi connectivity index (χ3n) is 24.2. The Labute approximate surface area is 712 Å². The summed E-state index contributed by atoms with van der Waals surface area (Å²) in [5.41, 5.74) is 29.6. The van der Waals surface area contributed by atoms with E-state index in [2.05, 4.69) is 363 Å². The molecular formula is C113H67N11. The van der Waals surface area contributed by atoms with E-state index in [9.17, 15) is 10.5 Å². The van der Waals surface area contributed by atoms with Crippen molar-refractivity contribution in [3.63, 3.8) is 0 Å². The Bertz CT molecular complexity index is 8730. The lowest BCUT2D eigenvalue weighted by Crippen LogP contribution is -1.97. The van der Waals surface area contributed by atoms with Crippen LogP contribution in [0.25, 0.3) is 213 Å². The maximum atomic E-state index is 9.74. The van der Waals surface area contributed by atoms with Gasteiger partial charge in [-0.25, -0.2) is 14.5 Å². The van der Waals surface area contributed by atoms with E-state index in [0.29, 0.717) is 28.2 Å². The molecule has 124 heavy (non-hydrogen) atoms. The van der Waals surface area contributed by atoms with E-state index in [-0.39, 0.29) is 0 Å². The highest BCUT2D eigenvalue weighted by atomic mass is 15.0. The molecule has 11 nitrogen and oxygen atoms in total. The van der Waals surface area contributed by atoms with Gasteiger partial charge in [0.15, 0.2) is 17.1 Å². The molecule has 0 spiro atoms. The van der Waals surface area contributed by atoms with Gasteiger partial charge in [-0.3, -0.25) is 0 Å². The summed E-state index contributed by atoms with van der Waals surface area (Å²) in [6.45, 7) is 22.4. The fourth-order valence-corrected chi connectivity index (χ4v) is 18.9. The van der Waals surface area contributed by atoms with Crippen LogP contribution in [-0.2, 0) is 0 Å². The van der Waals surface area contributed by atoms with E-state index in [1.807, 2.05) is 97.1 Å². The highest BCUT2D eigenvalue weighted by molar-refractivity contribution is 6.20. The van der Waals surface area contributed by atoms with Gasteiger partial charge < -0.3 is 27.4 Å². The first kappa shape index (κ1) is 72.7. The Balaban J connectivity index is 0.000000111. The zero-order valence-corrected chi connectivity index (χ0v) is 66.6. The Kier molecular flexibility index (Phi) is 17.6. The molecule has 0 saturated carbocycles. The van der Waals surface area contributed by atoms with Gasteiger partial charge in [0.2, 0.25) is 0 Å². The number of para-hydroxylation sites is 7. The van der Waals surface area contributed by atoms with Crippen molar-refractivity contribution < 1.29 is 0 Å². The molecule has 11 heteroatoms. The monoisotopic (exact) mass is 1580 g/mol. The summed E-state index contributed by atoms with van der Waals surface area (Å²) in [4.78, 5) is 10.9. The minimum absolute atomic E-state index is 0.637. The Morgan fingerprint density at radius 3 is 0.895 bits per heavy atom. The van der Waals surface area contributed by atoms with E-state index in [1.54, 1.807) is 0 Å². The summed E-state index contributed by atoms with van der Waals surface area (Å²) in [5, 5.41) is 33.2. The average molecular weight is 1580 g/mol. The topological polar surface area (TPSA) is 90.2 Å². The number of benzene rings is 18. The van der Waals surface area contributed by atoms with E-state index in [1.165, 1.54) is 60.1 Å². The number of aromatic nitrogens is 6. The van der Waals surface area contributed by atoms with E-state index in [4.69, 9.17) is 19.7 Å². The van der Waals surface area contributed by atoms with E-state index in [0.717, 1.165) is 138 Å². The molecule has 0 atom stereocenters. The molecule has 24 aromatic rings. The predicted octanol–water partition coefficient (Wildman–Crippen LogP) is 30.0. The summed E-state index contributed by atoms with van der Waals surface area (Å²) in [6.07, 6.45) is 0. The molecule has 0 radical (unpaired) electrons. The van der Waals surface area contributed by atoms with E-state index < -0.39 is 0 Å². The van der Waals surface area contributed by atoms with Crippen LogP contribution in [0.1, 0.15) is 11.1 Å². The number of hydrogen-bond acceptors (Lipinski definition) is 2. The smallest absolute Gasteiger partial charge is 0.188 e. The highest BCUT2D eigenvalue weighted by Crippen LogP contribution is 2.46. The predicted molar refractivity (Wildman–Crippen MR) is 510 cm³/mol. The van der Waals surface area contributed by atoms with Crippen LogP contribution in [0.3, 0.4) is 0 Å². The van der Waals surface area contributed by atoms with Crippen molar-refractivity contribution in [2.75, 3.05) is 0 Å². The van der Waals surface area contributed by atoms with Gasteiger partial charge in [-0.2, -0.15) is 10.5 Å². The van der Waals surface area contributed by atoms with Crippen LogP contribution in [0.2, 0.25) is 0 Å². The second-order valence-corrected chi connectivity index (χ2v) is 30.9. The highest BCUT2D eigenvalue weighted by Gasteiger charge is 2.25. The molecule has 0 aliphatic rings. The molecule has 6 aromatic heterocycles. The second-order valence-electron chi connectivity index (χ2n) is 30.9. The summed E-state index contributed by atoms with van der Waals surface area (Å²) in [5.74, 6) is 0. The summed E-state index contributed by atoms with van der Waals surface area (Å²) < 4.78 is 14.1. The largest absolute Gasteiger partial charge is 0.309 e. The molecule has 0 amide bonds. The number of fused-ring (bicyclic) bond motifs is 18. The zero-order valence-electron chi connectivity index (χ0n) is 66.6.